The van der Waals surface area contributed by atoms with E-state index in [0.29, 0.717) is 12.2 Å². The number of nitrogens with one attached hydrogen (secondary N) is 1. The number of benzene rings is 2. The van der Waals surface area contributed by atoms with Crippen LogP contribution in [0.4, 0.5) is 5.69 Å². The van der Waals surface area contributed by atoms with Crippen molar-refractivity contribution >= 4 is 33.4 Å². The molecule has 0 heterocycles. The molecule has 0 bridgehead atoms. The number of hydrogen-bond acceptors (Lipinski definition) is 4. The topological polar surface area (TPSA) is 66.5 Å². The molecule has 1 N–H and O–H groups in total. The molecule has 0 fully saturated rings. The first-order chi connectivity index (χ1) is 13.2. The Morgan fingerprint density at radius 1 is 1.11 bits per heavy atom. The lowest BCUT2D eigenvalue weighted by atomic mass is 10.1. The Balaban J connectivity index is 1.96. The molecule has 0 spiro atoms. The highest BCUT2D eigenvalue weighted by Gasteiger charge is 2.29. The highest BCUT2D eigenvalue weighted by molar-refractivity contribution is 7.98. The number of amides is 1. The number of thioether (sulfide) groups is 1. The largest absolute Gasteiger partial charge is 0.353 e. The van der Waals surface area contributed by atoms with E-state index < -0.39 is 16.1 Å². The number of aryl methyl sites for hydroxylation is 2. The molecule has 0 saturated heterocycles. The van der Waals surface area contributed by atoms with E-state index in [1.54, 1.807) is 30.8 Å². The molecule has 28 heavy (non-hydrogen) atoms. The molecular formula is C21H28N2O3S2. The Hall–Kier alpha value is -1.99. The molecule has 0 aliphatic carbocycles. The van der Waals surface area contributed by atoms with Crippen molar-refractivity contribution in [1.29, 1.82) is 0 Å². The summed E-state index contributed by atoms with van der Waals surface area (Å²) in [5, 5.41) is 2.85. The first-order valence-electron chi connectivity index (χ1n) is 9.15. The van der Waals surface area contributed by atoms with Crippen LogP contribution in [0.5, 0.6) is 0 Å². The number of rotatable bonds is 9. The maximum absolute atomic E-state index is 12.6. The summed E-state index contributed by atoms with van der Waals surface area (Å²) in [6.07, 6.45) is 1.13. The Morgan fingerprint density at radius 3 is 2.29 bits per heavy atom. The smallest absolute Gasteiger partial charge is 0.243 e. The van der Waals surface area contributed by atoms with Gasteiger partial charge in [0, 0.05) is 18.1 Å². The van der Waals surface area contributed by atoms with Crippen molar-refractivity contribution in [2.75, 3.05) is 22.9 Å². The lowest BCUT2D eigenvalue weighted by Gasteiger charge is -2.28. The van der Waals surface area contributed by atoms with Crippen LogP contribution in [-0.2, 0) is 20.6 Å². The summed E-state index contributed by atoms with van der Waals surface area (Å²) < 4.78 is 25.9. The average molecular weight is 421 g/mol. The molecule has 2 aromatic carbocycles. The van der Waals surface area contributed by atoms with E-state index in [4.69, 9.17) is 0 Å². The van der Waals surface area contributed by atoms with E-state index >= 15 is 0 Å². The third-order valence-corrected chi connectivity index (χ3v) is 6.48. The third kappa shape index (κ3) is 6.56. The fraction of sp³-hybridized carbons (Fsp3) is 0.381. The molecule has 0 radical (unpaired) electrons. The van der Waals surface area contributed by atoms with Crippen LogP contribution in [0, 0.1) is 13.8 Å². The van der Waals surface area contributed by atoms with Crippen LogP contribution in [0.25, 0.3) is 0 Å². The minimum absolute atomic E-state index is 0.301. The van der Waals surface area contributed by atoms with Crippen LogP contribution in [0.1, 0.15) is 23.6 Å². The number of hydrogen-bond donors (Lipinski definition) is 1. The second-order valence-corrected chi connectivity index (χ2v) is 9.87. The molecule has 1 atom stereocenters. The monoisotopic (exact) mass is 420 g/mol. The summed E-state index contributed by atoms with van der Waals surface area (Å²) in [5.41, 5.74) is 3.66. The number of carbonyl (C=O) groups is 1. The van der Waals surface area contributed by atoms with E-state index in [1.165, 1.54) is 9.87 Å². The van der Waals surface area contributed by atoms with Crippen molar-refractivity contribution in [1.82, 2.24) is 5.32 Å². The minimum Gasteiger partial charge on any atom is -0.353 e. The first kappa shape index (κ1) is 22.3. The number of sulfonamides is 1. The fourth-order valence-electron chi connectivity index (χ4n) is 3.05. The van der Waals surface area contributed by atoms with Gasteiger partial charge in [-0.25, -0.2) is 8.42 Å². The fourth-order valence-corrected chi connectivity index (χ4v) is 5.02. The van der Waals surface area contributed by atoms with Crippen LogP contribution >= 0.6 is 11.8 Å². The molecule has 0 aromatic heterocycles. The highest BCUT2D eigenvalue weighted by atomic mass is 32.2. The SMILES string of the molecule is Cc1cc(C)cc(N([C@H](C)C(=O)NCCSCc2ccccc2)S(C)(=O)=O)c1. The summed E-state index contributed by atoms with van der Waals surface area (Å²) in [4.78, 5) is 12.6. The molecule has 1 amide bonds. The molecule has 7 heteroatoms. The Labute approximate surface area is 172 Å². The van der Waals surface area contributed by atoms with Crippen molar-refractivity contribution in [2.45, 2.75) is 32.6 Å². The summed E-state index contributed by atoms with van der Waals surface area (Å²) in [6, 6.07) is 14.9. The van der Waals surface area contributed by atoms with E-state index in [9.17, 15) is 13.2 Å². The Kier molecular flexibility index (Phi) is 7.95. The average Bonchev–Trinajstić information content (AvgIpc) is 2.60. The van der Waals surface area contributed by atoms with E-state index in [-0.39, 0.29) is 5.91 Å². The maximum Gasteiger partial charge on any atom is 0.243 e. The van der Waals surface area contributed by atoms with Crippen molar-refractivity contribution in [3.05, 3.63) is 65.2 Å². The number of nitrogens with zero attached hydrogens (tertiary/aromatic N) is 1. The van der Waals surface area contributed by atoms with Crippen LogP contribution in [0.15, 0.2) is 48.5 Å². The van der Waals surface area contributed by atoms with Crippen LogP contribution in [0.2, 0.25) is 0 Å². The van der Waals surface area contributed by atoms with E-state index in [1.807, 2.05) is 38.1 Å². The van der Waals surface area contributed by atoms with Gasteiger partial charge in [-0.3, -0.25) is 9.10 Å². The van der Waals surface area contributed by atoms with Gasteiger partial charge in [0.1, 0.15) is 6.04 Å². The summed E-state index contributed by atoms with van der Waals surface area (Å²) in [5.74, 6) is 1.34. The van der Waals surface area contributed by atoms with Gasteiger partial charge in [-0.05, 0) is 49.6 Å². The molecule has 2 rings (SSSR count). The zero-order valence-corrected chi connectivity index (χ0v) is 18.4. The van der Waals surface area contributed by atoms with E-state index in [0.717, 1.165) is 28.9 Å². The van der Waals surface area contributed by atoms with Gasteiger partial charge in [-0.1, -0.05) is 36.4 Å². The van der Waals surface area contributed by atoms with Gasteiger partial charge in [0.2, 0.25) is 15.9 Å². The van der Waals surface area contributed by atoms with Crippen LogP contribution in [-0.4, -0.2) is 38.9 Å². The molecule has 0 aliphatic heterocycles. The highest BCUT2D eigenvalue weighted by Crippen LogP contribution is 2.24. The predicted octanol–water partition coefficient (Wildman–Crippen LogP) is 3.51. The zero-order valence-electron chi connectivity index (χ0n) is 16.8. The molecule has 0 unspecified atom stereocenters. The molecule has 2 aromatic rings. The quantitative estimate of drug-likeness (QED) is 0.631. The zero-order chi connectivity index (χ0) is 20.7. The van der Waals surface area contributed by atoms with E-state index in [2.05, 4.69) is 17.4 Å². The Morgan fingerprint density at radius 2 is 1.71 bits per heavy atom. The molecular weight excluding hydrogens is 392 g/mol. The van der Waals surface area contributed by atoms with Crippen LogP contribution in [0.3, 0.4) is 0 Å². The van der Waals surface area contributed by atoms with Crippen LogP contribution < -0.4 is 9.62 Å². The second-order valence-electron chi connectivity index (χ2n) is 6.91. The molecule has 152 valence electrons. The third-order valence-electron chi connectivity index (χ3n) is 4.21. The lowest BCUT2D eigenvalue weighted by Crippen LogP contribution is -2.48. The standard InChI is InChI=1S/C21H28N2O3S2/c1-16-12-17(2)14-20(13-16)23(28(4,25)26)18(3)21(24)22-10-11-27-15-19-8-6-5-7-9-19/h5-9,12-14,18H,10-11,15H2,1-4H3,(H,22,24)/t18-/m1/s1. The van der Waals surface area contributed by atoms with Crippen molar-refractivity contribution < 1.29 is 13.2 Å². The molecule has 0 saturated carbocycles. The van der Waals surface area contributed by atoms with Gasteiger partial charge in [0.15, 0.2) is 0 Å². The number of anilines is 1. The summed E-state index contributed by atoms with van der Waals surface area (Å²) in [6.45, 7) is 5.92. The Bertz CT molecular complexity index is 879. The summed E-state index contributed by atoms with van der Waals surface area (Å²) >= 11 is 1.73. The molecule has 0 aliphatic rings. The minimum atomic E-state index is -3.60. The van der Waals surface area contributed by atoms with Gasteiger partial charge >= 0.3 is 0 Å². The molecule has 5 nitrogen and oxygen atoms in total. The van der Waals surface area contributed by atoms with Crippen molar-refractivity contribution in [2.24, 2.45) is 0 Å². The first-order valence-corrected chi connectivity index (χ1v) is 12.2. The van der Waals surface area contributed by atoms with Crippen molar-refractivity contribution in [3.8, 4) is 0 Å². The van der Waals surface area contributed by atoms with Gasteiger partial charge in [0.25, 0.3) is 0 Å². The normalized spacial score (nSPS) is 12.4. The van der Waals surface area contributed by atoms with Gasteiger partial charge in [-0.15, -0.1) is 0 Å². The number of carbonyl (C=O) groups excluding carboxylic acids is 1. The second kappa shape index (κ2) is 9.98. The lowest BCUT2D eigenvalue weighted by molar-refractivity contribution is -0.121. The van der Waals surface area contributed by atoms with Crippen molar-refractivity contribution in [3.63, 3.8) is 0 Å². The van der Waals surface area contributed by atoms with Gasteiger partial charge < -0.3 is 5.32 Å². The van der Waals surface area contributed by atoms with Gasteiger partial charge in [0.05, 0.1) is 11.9 Å². The summed E-state index contributed by atoms with van der Waals surface area (Å²) in [7, 11) is -3.60. The van der Waals surface area contributed by atoms with Gasteiger partial charge in [-0.2, -0.15) is 11.8 Å². The maximum atomic E-state index is 12.6. The predicted molar refractivity (Wildman–Crippen MR) is 118 cm³/mol.